The zero-order valence-corrected chi connectivity index (χ0v) is 15.9. The van der Waals surface area contributed by atoms with Crippen LogP contribution in [0.3, 0.4) is 0 Å². The van der Waals surface area contributed by atoms with Gasteiger partial charge < -0.3 is 15.2 Å². The number of rotatable bonds is 4. The standard InChI is InChI=1S/C20H20F2N4OS/c21-19(22)12-5-7-23-15(9-12)14-4-2-1-3-13(14)10-26-16-6-8-24-18(16)20(27)25-17(26)11-28/h1-4,6,8,12,15,19,23-24H,5,7,9-10H2,(H,25,27)/t12-,15+/m0/s1. The van der Waals surface area contributed by atoms with Gasteiger partial charge in [0, 0.05) is 18.2 Å². The molecule has 2 aromatic rings. The number of thiocarbonyl (C=S) groups is 1. The van der Waals surface area contributed by atoms with E-state index in [0.717, 1.165) is 11.1 Å². The molecular weight excluding hydrogens is 382 g/mol. The van der Waals surface area contributed by atoms with Gasteiger partial charge in [0.2, 0.25) is 6.43 Å². The lowest BCUT2D eigenvalue weighted by atomic mass is 9.87. The molecule has 4 rings (SSSR count). The average molecular weight is 402 g/mol. The van der Waals surface area contributed by atoms with E-state index in [1.807, 2.05) is 35.2 Å². The van der Waals surface area contributed by atoms with Crippen molar-refractivity contribution in [2.24, 2.45) is 5.92 Å². The first-order chi connectivity index (χ1) is 13.6. The summed E-state index contributed by atoms with van der Waals surface area (Å²) in [5.41, 5.74) is 3.15. The lowest BCUT2D eigenvalue weighted by Gasteiger charge is -2.34. The van der Waals surface area contributed by atoms with Crippen LogP contribution in [-0.4, -0.2) is 28.9 Å². The van der Waals surface area contributed by atoms with Crippen LogP contribution in [0.5, 0.6) is 0 Å². The fourth-order valence-electron chi connectivity index (χ4n) is 3.97. The van der Waals surface area contributed by atoms with E-state index in [9.17, 15) is 13.6 Å². The van der Waals surface area contributed by atoms with E-state index in [-0.39, 0.29) is 11.9 Å². The molecule has 1 fully saturated rings. The lowest BCUT2D eigenvalue weighted by Crippen LogP contribution is -2.41. The second kappa shape index (κ2) is 7.83. The number of fused-ring (bicyclic) bond motifs is 1. The van der Waals surface area contributed by atoms with E-state index in [4.69, 9.17) is 12.2 Å². The highest BCUT2D eigenvalue weighted by molar-refractivity contribution is 7.78. The molecule has 0 saturated carbocycles. The number of carbonyl (C=O) groups excluding carboxylic acids is 1. The number of hydrogen-bond donors (Lipinski definition) is 3. The van der Waals surface area contributed by atoms with Crippen molar-refractivity contribution in [3.63, 3.8) is 0 Å². The highest BCUT2D eigenvalue weighted by Crippen LogP contribution is 2.34. The first-order valence-electron chi connectivity index (χ1n) is 9.19. The van der Waals surface area contributed by atoms with Gasteiger partial charge >= 0.3 is 0 Å². The highest BCUT2D eigenvalue weighted by Gasteiger charge is 2.32. The number of aromatic nitrogens is 1. The van der Waals surface area contributed by atoms with Crippen LogP contribution in [0, 0.1) is 5.92 Å². The van der Waals surface area contributed by atoms with Gasteiger partial charge in [-0.05, 0) is 53.8 Å². The maximum atomic E-state index is 13.2. The molecule has 146 valence electrons. The van der Waals surface area contributed by atoms with E-state index in [2.05, 4.69) is 20.6 Å². The molecular formula is C20H20F2N4OS. The van der Waals surface area contributed by atoms with Crippen molar-refractivity contribution in [2.75, 3.05) is 11.4 Å². The van der Waals surface area contributed by atoms with E-state index < -0.39 is 12.3 Å². The second-order valence-corrected chi connectivity index (χ2v) is 7.26. The van der Waals surface area contributed by atoms with Crippen LogP contribution in [0.15, 0.2) is 42.3 Å². The van der Waals surface area contributed by atoms with E-state index in [0.29, 0.717) is 43.1 Å². The van der Waals surface area contributed by atoms with Crippen LogP contribution < -0.4 is 15.5 Å². The number of nitrogens with zero attached hydrogens (tertiary/aromatic N) is 1. The van der Waals surface area contributed by atoms with Crippen molar-refractivity contribution in [3.8, 4) is 0 Å². The molecule has 0 unspecified atom stereocenters. The quantitative estimate of drug-likeness (QED) is 0.685. The van der Waals surface area contributed by atoms with Gasteiger partial charge in [-0.2, -0.15) is 0 Å². The fraction of sp³-hybridized carbons (Fsp3) is 0.350. The van der Waals surface area contributed by atoms with Crippen LogP contribution in [0.4, 0.5) is 14.5 Å². The summed E-state index contributed by atoms with van der Waals surface area (Å²) in [5, 5.41) is 8.74. The molecule has 3 N–H and O–H groups in total. The minimum atomic E-state index is -2.30. The molecule has 2 aliphatic rings. The van der Waals surface area contributed by atoms with Crippen molar-refractivity contribution in [2.45, 2.75) is 31.9 Å². The number of alkyl halides is 2. The SMILES string of the molecule is O=C1NC(=C=S)N(Cc2ccccc2[C@H]2C[C@@H](C(F)F)CCN2)c2cc[nH]c21. The Morgan fingerprint density at radius 1 is 1.29 bits per heavy atom. The number of aromatic amines is 1. The first-order valence-corrected chi connectivity index (χ1v) is 9.60. The van der Waals surface area contributed by atoms with Crippen LogP contribution >= 0.6 is 12.2 Å². The summed E-state index contributed by atoms with van der Waals surface area (Å²) in [7, 11) is 0. The summed E-state index contributed by atoms with van der Waals surface area (Å²) < 4.78 is 26.5. The van der Waals surface area contributed by atoms with Crippen molar-refractivity contribution >= 4 is 28.8 Å². The molecule has 1 amide bonds. The third-order valence-corrected chi connectivity index (χ3v) is 5.59. The average Bonchev–Trinajstić information content (AvgIpc) is 3.21. The summed E-state index contributed by atoms with van der Waals surface area (Å²) in [6, 6.07) is 9.48. The van der Waals surface area contributed by atoms with Gasteiger partial charge in [0.25, 0.3) is 5.91 Å². The normalized spacial score (nSPS) is 22.0. The fourth-order valence-corrected chi connectivity index (χ4v) is 4.13. The summed E-state index contributed by atoms with van der Waals surface area (Å²) in [4.78, 5) is 17.0. The van der Waals surface area contributed by atoms with Crippen LogP contribution in [0.25, 0.3) is 0 Å². The van der Waals surface area contributed by atoms with E-state index in [1.165, 1.54) is 0 Å². The molecule has 1 saturated heterocycles. The number of H-pyrrole nitrogens is 1. The largest absolute Gasteiger partial charge is 0.355 e. The van der Waals surface area contributed by atoms with Crippen molar-refractivity contribution in [1.29, 1.82) is 0 Å². The number of piperidine rings is 1. The Bertz CT molecular complexity index is 938. The minimum Gasteiger partial charge on any atom is -0.355 e. The van der Waals surface area contributed by atoms with Crippen molar-refractivity contribution in [1.82, 2.24) is 15.6 Å². The zero-order chi connectivity index (χ0) is 19.7. The number of benzene rings is 1. The van der Waals surface area contributed by atoms with Gasteiger partial charge in [-0.25, -0.2) is 8.78 Å². The van der Waals surface area contributed by atoms with Crippen LogP contribution in [0.2, 0.25) is 0 Å². The third-order valence-electron chi connectivity index (χ3n) is 5.40. The van der Waals surface area contributed by atoms with Gasteiger partial charge in [-0.3, -0.25) is 10.1 Å². The Balaban J connectivity index is 1.65. The van der Waals surface area contributed by atoms with Crippen molar-refractivity contribution in [3.05, 3.63) is 59.2 Å². The van der Waals surface area contributed by atoms with Crippen molar-refractivity contribution < 1.29 is 13.6 Å². The Kier molecular flexibility index (Phi) is 5.26. The second-order valence-electron chi connectivity index (χ2n) is 7.05. The molecule has 8 heteroatoms. The summed E-state index contributed by atoms with van der Waals surface area (Å²) in [6.45, 7) is 1.01. The number of nitrogens with one attached hydrogen (secondary N) is 3. The molecule has 28 heavy (non-hydrogen) atoms. The Morgan fingerprint density at radius 2 is 2.11 bits per heavy atom. The molecule has 0 aliphatic carbocycles. The smallest absolute Gasteiger partial charge is 0.275 e. The Morgan fingerprint density at radius 3 is 2.89 bits per heavy atom. The molecule has 2 aliphatic heterocycles. The van der Waals surface area contributed by atoms with Gasteiger partial charge in [0.1, 0.15) is 5.69 Å². The number of hydrogen-bond acceptors (Lipinski definition) is 4. The molecule has 0 radical (unpaired) electrons. The third kappa shape index (κ3) is 3.46. The number of carbonyl (C=O) groups is 1. The topological polar surface area (TPSA) is 60.2 Å². The molecule has 1 aromatic heterocycles. The van der Waals surface area contributed by atoms with Gasteiger partial charge in [-0.1, -0.05) is 24.3 Å². The molecule has 5 nitrogen and oxygen atoms in total. The molecule has 1 aromatic carbocycles. The predicted octanol–water partition coefficient (Wildman–Crippen LogP) is 3.51. The number of anilines is 1. The van der Waals surface area contributed by atoms with Gasteiger partial charge in [0.15, 0.2) is 5.82 Å². The number of amides is 1. The first kappa shape index (κ1) is 18.8. The highest BCUT2D eigenvalue weighted by atomic mass is 32.1. The summed E-state index contributed by atoms with van der Waals surface area (Å²) >= 11 is 4.97. The molecule has 0 spiro atoms. The molecule has 0 bridgehead atoms. The molecule has 3 heterocycles. The monoisotopic (exact) mass is 402 g/mol. The van der Waals surface area contributed by atoms with Gasteiger partial charge in [0.05, 0.1) is 12.2 Å². The Labute approximate surface area is 166 Å². The number of halogens is 2. The predicted molar refractivity (Wildman–Crippen MR) is 106 cm³/mol. The minimum absolute atomic E-state index is 0.131. The zero-order valence-electron chi connectivity index (χ0n) is 15.0. The van der Waals surface area contributed by atoms with E-state index >= 15 is 0 Å². The molecule has 2 atom stereocenters. The lowest BCUT2D eigenvalue weighted by molar-refractivity contribution is 0.0500. The maximum absolute atomic E-state index is 13.2. The summed E-state index contributed by atoms with van der Waals surface area (Å²) in [6.07, 6.45) is 0.280. The Hall–Kier alpha value is -2.54. The van der Waals surface area contributed by atoms with Crippen LogP contribution in [0.1, 0.15) is 40.5 Å². The maximum Gasteiger partial charge on any atom is 0.275 e. The van der Waals surface area contributed by atoms with E-state index in [1.54, 1.807) is 6.20 Å². The summed E-state index contributed by atoms with van der Waals surface area (Å²) in [5.74, 6) is -0.448. The van der Waals surface area contributed by atoms with Crippen LogP contribution in [-0.2, 0) is 6.54 Å². The van der Waals surface area contributed by atoms with Gasteiger partial charge in [-0.15, -0.1) is 0 Å².